The van der Waals surface area contributed by atoms with E-state index in [1.165, 1.54) is 12.3 Å². The lowest BCUT2D eigenvalue weighted by atomic mass is 10.2. The van der Waals surface area contributed by atoms with Crippen LogP contribution in [0.5, 0.6) is 0 Å². The lowest BCUT2D eigenvalue weighted by molar-refractivity contribution is 0.100. The van der Waals surface area contributed by atoms with Crippen molar-refractivity contribution in [3.05, 3.63) is 52.7 Å². The van der Waals surface area contributed by atoms with Crippen LogP contribution in [0.1, 0.15) is 15.9 Å². The number of anilines is 2. The molecule has 0 spiro atoms. The molecule has 0 saturated heterocycles. The van der Waals surface area contributed by atoms with Crippen LogP contribution in [-0.2, 0) is 6.54 Å². The van der Waals surface area contributed by atoms with Crippen molar-refractivity contribution >= 4 is 29.0 Å². The zero-order chi connectivity index (χ0) is 13.8. The molecule has 1 amide bonds. The Morgan fingerprint density at radius 2 is 2.16 bits per heavy atom. The SMILES string of the molecule is NC(=O)c1cc(NCc2cccc(Cl)c2)ncc1N. The fourth-order valence-electron chi connectivity index (χ4n) is 1.62. The van der Waals surface area contributed by atoms with Crippen LogP contribution < -0.4 is 16.8 Å². The van der Waals surface area contributed by atoms with Crippen LogP contribution in [0.25, 0.3) is 0 Å². The molecule has 1 aromatic carbocycles. The van der Waals surface area contributed by atoms with Crippen molar-refractivity contribution in [2.45, 2.75) is 6.54 Å². The van der Waals surface area contributed by atoms with E-state index in [0.717, 1.165) is 5.56 Å². The highest BCUT2D eigenvalue weighted by atomic mass is 35.5. The highest BCUT2D eigenvalue weighted by Crippen LogP contribution is 2.16. The molecule has 0 fully saturated rings. The molecular formula is C13H13ClN4O. The van der Waals surface area contributed by atoms with Gasteiger partial charge in [0.25, 0.3) is 5.91 Å². The lowest BCUT2D eigenvalue weighted by Gasteiger charge is -2.08. The van der Waals surface area contributed by atoms with E-state index in [2.05, 4.69) is 10.3 Å². The summed E-state index contributed by atoms with van der Waals surface area (Å²) in [5, 5.41) is 3.75. The molecule has 6 heteroatoms. The molecule has 98 valence electrons. The van der Waals surface area contributed by atoms with Gasteiger partial charge in [0.2, 0.25) is 0 Å². The van der Waals surface area contributed by atoms with Crippen molar-refractivity contribution in [3.63, 3.8) is 0 Å². The zero-order valence-electron chi connectivity index (χ0n) is 10.1. The molecule has 0 saturated carbocycles. The molecule has 0 aliphatic heterocycles. The van der Waals surface area contributed by atoms with Crippen molar-refractivity contribution in [1.29, 1.82) is 0 Å². The van der Waals surface area contributed by atoms with Crippen LogP contribution in [0.4, 0.5) is 11.5 Å². The normalized spacial score (nSPS) is 10.2. The predicted molar refractivity (Wildman–Crippen MR) is 75.9 cm³/mol. The highest BCUT2D eigenvalue weighted by molar-refractivity contribution is 6.30. The van der Waals surface area contributed by atoms with E-state index in [4.69, 9.17) is 23.1 Å². The van der Waals surface area contributed by atoms with Gasteiger partial charge >= 0.3 is 0 Å². The summed E-state index contributed by atoms with van der Waals surface area (Å²) >= 11 is 5.89. The zero-order valence-corrected chi connectivity index (χ0v) is 10.8. The van der Waals surface area contributed by atoms with Crippen molar-refractivity contribution in [3.8, 4) is 0 Å². The molecule has 0 aliphatic carbocycles. The second-order valence-corrected chi connectivity index (χ2v) is 4.44. The maximum atomic E-state index is 11.2. The van der Waals surface area contributed by atoms with Crippen LogP contribution in [0.2, 0.25) is 5.02 Å². The van der Waals surface area contributed by atoms with E-state index < -0.39 is 5.91 Å². The number of amides is 1. The number of pyridine rings is 1. The van der Waals surface area contributed by atoms with Crippen LogP contribution in [0.3, 0.4) is 0 Å². The maximum Gasteiger partial charge on any atom is 0.250 e. The van der Waals surface area contributed by atoms with E-state index in [1.807, 2.05) is 18.2 Å². The Morgan fingerprint density at radius 1 is 1.37 bits per heavy atom. The number of aromatic nitrogens is 1. The first-order valence-electron chi connectivity index (χ1n) is 5.60. The summed E-state index contributed by atoms with van der Waals surface area (Å²) in [6.07, 6.45) is 1.40. The number of nitrogens with zero attached hydrogens (tertiary/aromatic N) is 1. The summed E-state index contributed by atoms with van der Waals surface area (Å²) in [5.41, 5.74) is 12.4. The number of carbonyl (C=O) groups is 1. The van der Waals surface area contributed by atoms with Crippen molar-refractivity contribution in [2.24, 2.45) is 5.73 Å². The molecule has 19 heavy (non-hydrogen) atoms. The molecule has 1 aromatic heterocycles. The summed E-state index contributed by atoms with van der Waals surface area (Å²) in [6, 6.07) is 8.98. The maximum absolute atomic E-state index is 11.2. The monoisotopic (exact) mass is 276 g/mol. The Labute approximate surface area is 115 Å². The van der Waals surface area contributed by atoms with Crippen LogP contribution in [0.15, 0.2) is 36.5 Å². The standard InChI is InChI=1S/C13H13ClN4O/c14-9-3-1-2-8(4-9)6-17-12-5-10(13(16)19)11(15)7-18-12/h1-5,7H,6,15H2,(H2,16,19)(H,17,18). The summed E-state index contributed by atoms with van der Waals surface area (Å²) in [5.74, 6) is -0.0475. The summed E-state index contributed by atoms with van der Waals surface area (Å²) in [7, 11) is 0. The van der Waals surface area contributed by atoms with Gasteiger partial charge in [-0.05, 0) is 23.8 Å². The second kappa shape index (κ2) is 5.58. The number of rotatable bonds is 4. The first kappa shape index (κ1) is 13.2. The number of benzene rings is 1. The average Bonchev–Trinajstić information content (AvgIpc) is 2.37. The minimum absolute atomic E-state index is 0.253. The Kier molecular flexibility index (Phi) is 3.87. The lowest BCUT2D eigenvalue weighted by Crippen LogP contribution is -2.14. The first-order chi connectivity index (χ1) is 9.06. The fourth-order valence-corrected chi connectivity index (χ4v) is 1.83. The van der Waals surface area contributed by atoms with Gasteiger partial charge in [-0.25, -0.2) is 4.98 Å². The number of nitrogens with two attached hydrogens (primary N) is 2. The summed E-state index contributed by atoms with van der Waals surface area (Å²) < 4.78 is 0. The van der Waals surface area contributed by atoms with Gasteiger partial charge in [0.05, 0.1) is 17.4 Å². The molecular weight excluding hydrogens is 264 g/mol. The Morgan fingerprint density at radius 3 is 2.84 bits per heavy atom. The number of primary amides is 1. The number of nitrogen functional groups attached to an aromatic ring is 1. The quantitative estimate of drug-likeness (QED) is 0.796. The van der Waals surface area contributed by atoms with Crippen molar-refractivity contribution in [2.75, 3.05) is 11.1 Å². The van der Waals surface area contributed by atoms with E-state index in [0.29, 0.717) is 17.4 Å². The van der Waals surface area contributed by atoms with Gasteiger partial charge in [0.1, 0.15) is 5.82 Å². The molecule has 5 nitrogen and oxygen atoms in total. The Hall–Kier alpha value is -2.27. The van der Waals surface area contributed by atoms with E-state index in [9.17, 15) is 4.79 Å². The third-order valence-corrected chi connectivity index (χ3v) is 2.80. The number of nitrogens with one attached hydrogen (secondary N) is 1. The van der Waals surface area contributed by atoms with Gasteiger partial charge in [-0.1, -0.05) is 23.7 Å². The smallest absolute Gasteiger partial charge is 0.250 e. The number of halogens is 1. The molecule has 0 radical (unpaired) electrons. The van der Waals surface area contributed by atoms with Gasteiger partial charge in [-0.3, -0.25) is 4.79 Å². The number of hydrogen-bond acceptors (Lipinski definition) is 4. The molecule has 0 atom stereocenters. The largest absolute Gasteiger partial charge is 0.397 e. The molecule has 0 bridgehead atoms. The van der Waals surface area contributed by atoms with Gasteiger partial charge < -0.3 is 16.8 Å². The van der Waals surface area contributed by atoms with E-state index >= 15 is 0 Å². The fraction of sp³-hybridized carbons (Fsp3) is 0.0769. The Bertz CT molecular complexity index is 615. The van der Waals surface area contributed by atoms with Gasteiger partial charge in [-0.15, -0.1) is 0 Å². The van der Waals surface area contributed by atoms with Crippen LogP contribution in [0, 0.1) is 0 Å². The molecule has 2 aromatic rings. The molecule has 0 unspecified atom stereocenters. The second-order valence-electron chi connectivity index (χ2n) is 4.00. The van der Waals surface area contributed by atoms with E-state index in [-0.39, 0.29) is 11.3 Å². The molecule has 1 heterocycles. The predicted octanol–water partition coefficient (Wildman–Crippen LogP) is 2.03. The van der Waals surface area contributed by atoms with Gasteiger partial charge in [0, 0.05) is 11.6 Å². The Balaban J connectivity index is 2.12. The summed E-state index contributed by atoms with van der Waals surface area (Å²) in [4.78, 5) is 15.2. The number of carbonyl (C=O) groups excluding carboxylic acids is 1. The van der Waals surface area contributed by atoms with Crippen molar-refractivity contribution in [1.82, 2.24) is 4.98 Å². The molecule has 5 N–H and O–H groups in total. The summed E-state index contributed by atoms with van der Waals surface area (Å²) in [6.45, 7) is 0.537. The first-order valence-corrected chi connectivity index (χ1v) is 5.97. The third kappa shape index (κ3) is 3.35. The molecule has 2 rings (SSSR count). The van der Waals surface area contributed by atoms with Gasteiger partial charge in [0.15, 0.2) is 0 Å². The van der Waals surface area contributed by atoms with E-state index in [1.54, 1.807) is 6.07 Å². The van der Waals surface area contributed by atoms with Crippen molar-refractivity contribution < 1.29 is 4.79 Å². The van der Waals surface area contributed by atoms with Gasteiger partial charge in [-0.2, -0.15) is 0 Å². The van der Waals surface area contributed by atoms with Crippen LogP contribution in [-0.4, -0.2) is 10.9 Å². The third-order valence-electron chi connectivity index (χ3n) is 2.56. The average molecular weight is 277 g/mol. The highest BCUT2D eigenvalue weighted by Gasteiger charge is 2.07. The van der Waals surface area contributed by atoms with Crippen LogP contribution >= 0.6 is 11.6 Å². The molecule has 0 aliphatic rings. The number of hydrogen-bond donors (Lipinski definition) is 3. The minimum Gasteiger partial charge on any atom is -0.397 e. The minimum atomic E-state index is -0.578. The topological polar surface area (TPSA) is 94.0 Å².